The summed E-state index contributed by atoms with van der Waals surface area (Å²) in [4.78, 5) is 35.6. The molecule has 0 rings (SSSR count). The fraction of sp³-hybridized carbons (Fsp3) is 0.631. The van der Waals surface area contributed by atoms with Gasteiger partial charge in [-0.25, -0.2) is 4.57 Å². The quantitative estimate of drug-likeness (QED) is 0.0211. The van der Waals surface area contributed by atoms with Gasteiger partial charge in [0.15, 0.2) is 6.10 Å². The molecule has 0 aromatic heterocycles. The van der Waals surface area contributed by atoms with Crippen LogP contribution in [0.25, 0.3) is 0 Å². The smallest absolute Gasteiger partial charge is 0.462 e. The van der Waals surface area contributed by atoms with Gasteiger partial charge in [0.25, 0.3) is 0 Å². The van der Waals surface area contributed by atoms with Crippen molar-refractivity contribution in [1.82, 2.24) is 0 Å². The lowest BCUT2D eigenvalue weighted by molar-refractivity contribution is -0.870. The van der Waals surface area contributed by atoms with Crippen LogP contribution >= 0.6 is 7.82 Å². The Hall–Kier alpha value is -3.85. The van der Waals surface area contributed by atoms with E-state index in [0.717, 1.165) is 128 Å². The summed E-state index contributed by atoms with van der Waals surface area (Å²) < 4.78 is 34.5. The molecule has 426 valence electrons. The molecular formula is C65H109NO8P+. The van der Waals surface area contributed by atoms with Crippen molar-refractivity contribution in [3.05, 3.63) is 134 Å². The van der Waals surface area contributed by atoms with E-state index >= 15 is 0 Å². The summed E-state index contributed by atoms with van der Waals surface area (Å²) in [5, 5.41) is 0. The van der Waals surface area contributed by atoms with E-state index in [4.69, 9.17) is 18.5 Å². The van der Waals surface area contributed by atoms with Crippen molar-refractivity contribution >= 4 is 19.8 Å². The van der Waals surface area contributed by atoms with Crippen molar-refractivity contribution in [2.75, 3.05) is 47.5 Å². The lowest BCUT2D eigenvalue weighted by Crippen LogP contribution is -2.37. The van der Waals surface area contributed by atoms with Crippen LogP contribution in [0.1, 0.15) is 213 Å². The fourth-order valence-corrected chi connectivity index (χ4v) is 8.13. The molecule has 0 heterocycles. The molecule has 9 nitrogen and oxygen atoms in total. The van der Waals surface area contributed by atoms with Crippen molar-refractivity contribution in [3.8, 4) is 0 Å². The third-order valence-corrected chi connectivity index (χ3v) is 12.9. The minimum atomic E-state index is -4.40. The van der Waals surface area contributed by atoms with Gasteiger partial charge in [0.2, 0.25) is 0 Å². The Morgan fingerprint density at radius 2 is 0.760 bits per heavy atom. The zero-order valence-corrected chi connectivity index (χ0v) is 49.1. The molecule has 2 atom stereocenters. The van der Waals surface area contributed by atoms with Crippen molar-refractivity contribution in [2.45, 2.75) is 219 Å². The molecule has 0 aromatic rings. The SMILES string of the molecule is CC/C=C\C/C=C\C/C=C\C/C=C\C/C=C\C/C=C\C/C=C\C/C=C\C/C=C\C/C=C\CCCCCCC(=O)OC(COC(=O)CCCCCCC/C=C\CCCCCCCCC)COP(=O)(O)OCC[N+](C)(C)C. The molecule has 1 N–H and O–H groups in total. The number of ether oxygens (including phenoxy) is 2. The van der Waals surface area contributed by atoms with E-state index < -0.39 is 26.5 Å². The number of esters is 2. The van der Waals surface area contributed by atoms with E-state index in [-0.39, 0.29) is 32.0 Å². The van der Waals surface area contributed by atoms with Crippen LogP contribution < -0.4 is 0 Å². The highest BCUT2D eigenvalue weighted by molar-refractivity contribution is 7.47. The number of unbranched alkanes of at least 4 members (excludes halogenated alkanes) is 16. The normalized spacial score (nSPS) is 14.3. The van der Waals surface area contributed by atoms with Crippen LogP contribution in [0.2, 0.25) is 0 Å². The van der Waals surface area contributed by atoms with Crippen molar-refractivity contribution in [3.63, 3.8) is 0 Å². The maximum Gasteiger partial charge on any atom is 0.472 e. The maximum absolute atomic E-state index is 12.8. The first kappa shape index (κ1) is 71.2. The number of hydrogen-bond acceptors (Lipinski definition) is 7. The van der Waals surface area contributed by atoms with Crippen LogP contribution in [0.5, 0.6) is 0 Å². The van der Waals surface area contributed by atoms with Crippen LogP contribution in [0.3, 0.4) is 0 Å². The summed E-state index contributed by atoms with van der Waals surface area (Å²) in [6.45, 7) is 4.26. The zero-order valence-electron chi connectivity index (χ0n) is 48.2. The Kier molecular flexibility index (Phi) is 52.1. The Morgan fingerprint density at radius 1 is 0.427 bits per heavy atom. The second-order valence-corrected chi connectivity index (χ2v) is 21.7. The first-order chi connectivity index (χ1) is 36.5. The molecule has 0 amide bonds. The van der Waals surface area contributed by atoms with Crippen LogP contribution in [0, 0.1) is 0 Å². The number of hydrogen-bond donors (Lipinski definition) is 1. The minimum Gasteiger partial charge on any atom is -0.462 e. The Balaban J connectivity index is 4.25. The summed E-state index contributed by atoms with van der Waals surface area (Å²) in [5.41, 5.74) is 0. The third-order valence-electron chi connectivity index (χ3n) is 11.9. The molecule has 0 aliphatic heterocycles. The van der Waals surface area contributed by atoms with Crippen molar-refractivity contribution < 1.29 is 42.1 Å². The van der Waals surface area contributed by atoms with Gasteiger partial charge in [-0.1, -0.05) is 218 Å². The molecule has 0 aromatic carbocycles. The molecular weight excluding hydrogens is 954 g/mol. The van der Waals surface area contributed by atoms with Crippen molar-refractivity contribution in [2.24, 2.45) is 0 Å². The van der Waals surface area contributed by atoms with Gasteiger partial charge in [-0.15, -0.1) is 0 Å². The Morgan fingerprint density at radius 3 is 1.15 bits per heavy atom. The summed E-state index contributed by atoms with van der Waals surface area (Å²) in [6, 6.07) is 0. The average molecular weight is 1060 g/mol. The molecule has 0 radical (unpaired) electrons. The highest BCUT2D eigenvalue weighted by atomic mass is 31.2. The number of carbonyl (C=O) groups excluding carboxylic acids is 2. The first-order valence-electron chi connectivity index (χ1n) is 29.4. The summed E-state index contributed by atoms with van der Waals surface area (Å²) in [6.07, 6.45) is 79.5. The number of nitrogens with zero attached hydrogens (tertiary/aromatic N) is 1. The van der Waals surface area contributed by atoms with Gasteiger partial charge in [-0.2, -0.15) is 0 Å². The van der Waals surface area contributed by atoms with Gasteiger partial charge in [0, 0.05) is 12.8 Å². The highest BCUT2D eigenvalue weighted by Crippen LogP contribution is 2.43. The van der Waals surface area contributed by atoms with Gasteiger partial charge in [-0.3, -0.25) is 18.6 Å². The fourth-order valence-electron chi connectivity index (χ4n) is 7.39. The Labute approximate surface area is 460 Å². The number of carbonyl (C=O) groups is 2. The summed E-state index contributed by atoms with van der Waals surface area (Å²) >= 11 is 0. The topological polar surface area (TPSA) is 108 Å². The van der Waals surface area contributed by atoms with E-state index in [1.165, 1.54) is 51.4 Å². The van der Waals surface area contributed by atoms with Gasteiger partial charge < -0.3 is 18.9 Å². The highest BCUT2D eigenvalue weighted by Gasteiger charge is 2.27. The largest absolute Gasteiger partial charge is 0.472 e. The first-order valence-corrected chi connectivity index (χ1v) is 30.9. The molecule has 0 bridgehead atoms. The molecule has 75 heavy (non-hydrogen) atoms. The van der Waals surface area contributed by atoms with Gasteiger partial charge in [-0.05, 0) is 116 Å². The van der Waals surface area contributed by atoms with E-state index in [2.05, 4.69) is 148 Å². The monoisotopic (exact) mass is 1060 g/mol. The van der Waals surface area contributed by atoms with E-state index in [1.54, 1.807) is 0 Å². The lowest BCUT2D eigenvalue weighted by Gasteiger charge is -2.24. The second-order valence-electron chi connectivity index (χ2n) is 20.3. The number of allylic oxidation sites excluding steroid dienone is 22. The Bertz CT molecular complexity index is 1730. The van der Waals surface area contributed by atoms with E-state index in [9.17, 15) is 19.0 Å². The van der Waals surface area contributed by atoms with Gasteiger partial charge >= 0.3 is 19.8 Å². The molecule has 0 spiro atoms. The zero-order chi connectivity index (χ0) is 54.9. The molecule has 0 aliphatic rings. The summed E-state index contributed by atoms with van der Waals surface area (Å²) in [5.74, 6) is -0.845. The number of rotatable bonds is 52. The van der Waals surface area contributed by atoms with E-state index in [1.807, 2.05) is 21.1 Å². The van der Waals surface area contributed by atoms with Crippen LogP contribution in [-0.2, 0) is 32.7 Å². The average Bonchev–Trinajstić information content (AvgIpc) is 3.37. The number of likely N-dealkylation sites (N-methyl/N-ethyl adjacent to an activating group) is 1. The molecule has 0 fully saturated rings. The summed E-state index contributed by atoms with van der Waals surface area (Å²) in [7, 11) is 1.44. The van der Waals surface area contributed by atoms with Crippen LogP contribution in [-0.4, -0.2) is 74.9 Å². The molecule has 10 heteroatoms. The van der Waals surface area contributed by atoms with Crippen LogP contribution in [0.15, 0.2) is 134 Å². The second kappa shape index (κ2) is 54.9. The van der Waals surface area contributed by atoms with Crippen LogP contribution in [0.4, 0.5) is 0 Å². The van der Waals surface area contributed by atoms with Crippen molar-refractivity contribution in [1.29, 1.82) is 0 Å². The van der Waals surface area contributed by atoms with Gasteiger partial charge in [0.1, 0.15) is 19.8 Å². The minimum absolute atomic E-state index is 0.0180. The number of phosphoric acid groups is 1. The molecule has 0 aliphatic carbocycles. The molecule has 0 saturated carbocycles. The third kappa shape index (κ3) is 59.3. The number of phosphoric ester groups is 1. The van der Waals surface area contributed by atoms with Gasteiger partial charge in [0.05, 0.1) is 27.7 Å². The lowest BCUT2D eigenvalue weighted by atomic mass is 10.1. The predicted molar refractivity (Wildman–Crippen MR) is 320 cm³/mol. The number of quaternary nitrogens is 1. The maximum atomic E-state index is 12.8. The molecule has 0 saturated heterocycles. The predicted octanol–water partition coefficient (Wildman–Crippen LogP) is 18.5. The molecule has 2 unspecified atom stereocenters. The standard InChI is InChI=1S/C65H108NO8P/c1-6-8-10-12-14-16-18-20-22-24-25-26-27-28-29-30-31-32-33-34-35-36-37-38-39-40-41-42-44-46-48-50-52-54-56-58-65(68)74-63(62-73-75(69,70)72-60-59-66(3,4)5)61-71-64(67)57-55-53-51-49-47-45-43-23-21-19-17-15-13-11-9-7-2/h8,10,14,16,20,22-23,25-26,28-29,31-32,34-35,37-38,40-41,43-44,46,63H,6-7,9,11-13,15,17-19,21,24,27,30,33,36,39,42,45,47-62H2,1-5H3/p+1/b10-8-,16-14-,22-20-,26-25-,29-28-,32-31-,35-34-,38-37-,41-40-,43-23-,46-44-. The van der Waals surface area contributed by atoms with E-state index in [0.29, 0.717) is 17.4 Å².